The Kier molecular flexibility index (Phi) is 4.87. The lowest BCUT2D eigenvalue weighted by Crippen LogP contribution is -2.36. The molecule has 1 aliphatic carbocycles. The van der Waals surface area contributed by atoms with Crippen LogP contribution in [0.2, 0.25) is 0 Å². The average molecular weight is 315 g/mol. The van der Waals surface area contributed by atoms with Crippen molar-refractivity contribution in [2.75, 3.05) is 12.4 Å². The van der Waals surface area contributed by atoms with Crippen LogP contribution < -0.4 is 10.6 Å². The van der Waals surface area contributed by atoms with Gasteiger partial charge in [0.15, 0.2) is 0 Å². The van der Waals surface area contributed by atoms with E-state index in [0.29, 0.717) is 12.2 Å². The monoisotopic (exact) mass is 315 g/mol. The molecule has 23 heavy (non-hydrogen) atoms. The third-order valence-electron chi connectivity index (χ3n) is 3.99. The minimum absolute atomic E-state index is 0.170. The van der Waals surface area contributed by atoms with Crippen LogP contribution in [0.4, 0.5) is 10.5 Å². The van der Waals surface area contributed by atoms with Gasteiger partial charge in [0.1, 0.15) is 0 Å². The number of amides is 2. The number of carbonyl (C=O) groups excluding carboxylic acids is 1. The number of rotatable bonds is 5. The van der Waals surface area contributed by atoms with Crippen molar-refractivity contribution in [1.29, 1.82) is 0 Å². The van der Waals surface area contributed by atoms with E-state index in [1.54, 1.807) is 30.4 Å². The van der Waals surface area contributed by atoms with Crippen molar-refractivity contribution in [3.05, 3.63) is 42.5 Å². The highest BCUT2D eigenvalue weighted by molar-refractivity contribution is 5.89. The number of aromatic nitrogens is 3. The van der Waals surface area contributed by atoms with Crippen molar-refractivity contribution in [1.82, 2.24) is 20.1 Å². The molecule has 0 radical (unpaired) electrons. The van der Waals surface area contributed by atoms with Crippen LogP contribution in [0.3, 0.4) is 0 Å². The lowest BCUT2D eigenvalue weighted by atomic mass is 10.2. The largest absolute Gasteiger partial charge is 0.381 e. The van der Waals surface area contributed by atoms with E-state index < -0.39 is 0 Å². The van der Waals surface area contributed by atoms with E-state index in [2.05, 4.69) is 20.7 Å². The summed E-state index contributed by atoms with van der Waals surface area (Å²) in [7, 11) is 1.71. The number of nitrogens with one attached hydrogen (secondary N) is 2. The predicted octanol–water partition coefficient (Wildman–Crippen LogP) is 2.02. The van der Waals surface area contributed by atoms with Gasteiger partial charge in [0, 0.05) is 25.5 Å². The van der Waals surface area contributed by atoms with Crippen LogP contribution >= 0.6 is 0 Å². The number of nitrogens with zero attached hydrogens (tertiary/aromatic N) is 3. The summed E-state index contributed by atoms with van der Waals surface area (Å²) in [6, 6.07) is 5.72. The van der Waals surface area contributed by atoms with E-state index >= 15 is 0 Å². The molecule has 2 aromatic heterocycles. The molecular formula is C16H21N5O2. The Morgan fingerprint density at radius 2 is 2.35 bits per heavy atom. The van der Waals surface area contributed by atoms with Crippen LogP contribution in [-0.4, -0.2) is 40.1 Å². The van der Waals surface area contributed by atoms with Gasteiger partial charge in [0.2, 0.25) is 0 Å². The van der Waals surface area contributed by atoms with E-state index in [0.717, 1.165) is 25.0 Å². The second-order valence-corrected chi connectivity index (χ2v) is 5.71. The van der Waals surface area contributed by atoms with E-state index in [4.69, 9.17) is 4.74 Å². The number of pyridine rings is 1. The molecule has 0 aromatic carbocycles. The first-order valence-electron chi connectivity index (χ1n) is 7.75. The Morgan fingerprint density at radius 1 is 1.43 bits per heavy atom. The molecule has 7 heteroatoms. The molecule has 0 spiro atoms. The first-order chi connectivity index (χ1) is 11.2. The zero-order chi connectivity index (χ0) is 16.1. The highest BCUT2D eigenvalue weighted by Gasteiger charge is 2.25. The first kappa shape index (κ1) is 15.5. The van der Waals surface area contributed by atoms with Crippen molar-refractivity contribution < 1.29 is 9.53 Å². The topological polar surface area (TPSA) is 81.1 Å². The van der Waals surface area contributed by atoms with Gasteiger partial charge in [-0.15, -0.1) is 0 Å². The molecule has 0 unspecified atom stereocenters. The summed E-state index contributed by atoms with van der Waals surface area (Å²) < 4.78 is 7.05. The first-order valence-corrected chi connectivity index (χ1v) is 7.75. The second-order valence-electron chi connectivity index (χ2n) is 5.71. The Labute approximate surface area is 135 Å². The quantitative estimate of drug-likeness (QED) is 0.884. The molecule has 2 amide bonds. The van der Waals surface area contributed by atoms with Crippen LogP contribution in [0.5, 0.6) is 0 Å². The third-order valence-corrected chi connectivity index (χ3v) is 3.99. The standard InChI is InChI=1S/C16H21N5O2/c1-23-15-6-5-12(8-15)19-16(22)20-14-9-18-21(11-14)10-13-4-2-3-7-17-13/h2-4,7,9,11-12,15H,5-6,8,10H2,1H3,(H2,19,20,22)/t12-,15+/m0/s1. The summed E-state index contributed by atoms with van der Waals surface area (Å²) >= 11 is 0. The van der Waals surface area contributed by atoms with E-state index in [-0.39, 0.29) is 18.2 Å². The molecule has 1 fully saturated rings. The van der Waals surface area contributed by atoms with Gasteiger partial charge in [-0.25, -0.2) is 4.79 Å². The zero-order valence-electron chi connectivity index (χ0n) is 13.1. The summed E-state index contributed by atoms with van der Waals surface area (Å²) in [6.45, 7) is 0.572. The molecule has 0 aliphatic heterocycles. The summed E-state index contributed by atoms with van der Waals surface area (Å²) in [6.07, 6.45) is 8.23. The van der Waals surface area contributed by atoms with Crippen LogP contribution in [0.1, 0.15) is 25.0 Å². The van der Waals surface area contributed by atoms with Gasteiger partial charge in [-0.05, 0) is 31.4 Å². The summed E-state index contributed by atoms with van der Waals surface area (Å²) in [4.78, 5) is 16.3. The number of methoxy groups -OCH3 is 1. The SMILES string of the molecule is CO[C@@H]1CC[C@H](NC(=O)Nc2cnn(Cc3ccccn3)c2)C1. The molecule has 0 saturated heterocycles. The third kappa shape index (κ3) is 4.29. The normalized spacial score (nSPS) is 20.4. The van der Waals surface area contributed by atoms with E-state index in [1.165, 1.54) is 0 Å². The molecule has 122 valence electrons. The lowest BCUT2D eigenvalue weighted by molar-refractivity contribution is 0.107. The minimum atomic E-state index is -0.205. The smallest absolute Gasteiger partial charge is 0.319 e. The minimum Gasteiger partial charge on any atom is -0.381 e. The van der Waals surface area contributed by atoms with Gasteiger partial charge < -0.3 is 15.4 Å². The molecular weight excluding hydrogens is 294 g/mol. The van der Waals surface area contributed by atoms with Crippen LogP contribution in [0.25, 0.3) is 0 Å². The lowest BCUT2D eigenvalue weighted by Gasteiger charge is -2.13. The van der Waals surface area contributed by atoms with Crippen molar-refractivity contribution in [2.45, 2.75) is 38.0 Å². The Bertz CT molecular complexity index is 643. The molecule has 1 saturated carbocycles. The Morgan fingerprint density at radius 3 is 3.09 bits per heavy atom. The maximum Gasteiger partial charge on any atom is 0.319 e. The zero-order valence-corrected chi connectivity index (χ0v) is 13.1. The highest BCUT2D eigenvalue weighted by Crippen LogP contribution is 2.21. The number of ether oxygens (including phenoxy) is 1. The van der Waals surface area contributed by atoms with Crippen molar-refractivity contribution in [3.63, 3.8) is 0 Å². The number of hydrogen-bond donors (Lipinski definition) is 2. The molecule has 3 rings (SSSR count). The maximum absolute atomic E-state index is 12.0. The maximum atomic E-state index is 12.0. The average Bonchev–Trinajstić information content (AvgIpc) is 3.18. The van der Waals surface area contributed by atoms with Crippen LogP contribution in [0.15, 0.2) is 36.8 Å². The van der Waals surface area contributed by atoms with Crippen molar-refractivity contribution in [3.8, 4) is 0 Å². The number of anilines is 1. The van der Waals surface area contributed by atoms with Crippen molar-refractivity contribution >= 4 is 11.7 Å². The summed E-state index contributed by atoms with van der Waals surface area (Å²) in [5.74, 6) is 0. The van der Waals surface area contributed by atoms with E-state index in [1.807, 2.05) is 18.2 Å². The van der Waals surface area contributed by atoms with Gasteiger partial charge in [-0.1, -0.05) is 6.07 Å². The predicted molar refractivity (Wildman–Crippen MR) is 86.2 cm³/mol. The van der Waals surface area contributed by atoms with Crippen LogP contribution in [-0.2, 0) is 11.3 Å². The summed E-state index contributed by atoms with van der Waals surface area (Å²) in [5, 5.41) is 10.0. The fraction of sp³-hybridized carbons (Fsp3) is 0.438. The number of carbonyl (C=O) groups is 1. The number of hydrogen-bond acceptors (Lipinski definition) is 4. The molecule has 7 nitrogen and oxygen atoms in total. The number of urea groups is 1. The van der Waals surface area contributed by atoms with Gasteiger partial charge in [0.25, 0.3) is 0 Å². The molecule has 2 N–H and O–H groups in total. The van der Waals surface area contributed by atoms with Gasteiger partial charge >= 0.3 is 6.03 Å². The highest BCUT2D eigenvalue weighted by atomic mass is 16.5. The van der Waals surface area contributed by atoms with Crippen LogP contribution in [0, 0.1) is 0 Å². The van der Waals surface area contributed by atoms with Gasteiger partial charge in [0.05, 0.1) is 30.2 Å². The summed E-state index contributed by atoms with van der Waals surface area (Å²) in [5.41, 5.74) is 1.59. The Hall–Kier alpha value is -2.41. The Balaban J connectivity index is 1.49. The second kappa shape index (κ2) is 7.23. The molecule has 2 aromatic rings. The van der Waals surface area contributed by atoms with E-state index in [9.17, 15) is 4.79 Å². The van der Waals surface area contributed by atoms with Gasteiger partial charge in [-0.3, -0.25) is 9.67 Å². The molecule has 0 bridgehead atoms. The fourth-order valence-electron chi connectivity index (χ4n) is 2.81. The fourth-order valence-corrected chi connectivity index (χ4v) is 2.81. The van der Waals surface area contributed by atoms with Crippen molar-refractivity contribution in [2.24, 2.45) is 0 Å². The van der Waals surface area contributed by atoms with Gasteiger partial charge in [-0.2, -0.15) is 5.10 Å². The molecule has 1 aliphatic rings. The molecule has 2 heterocycles. The molecule has 2 atom stereocenters.